The molecule has 1 aliphatic heterocycles. The first-order chi connectivity index (χ1) is 20.7. The molecule has 8 heteroatoms. The molecule has 6 unspecified atom stereocenters. The minimum absolute atomic E-state index is 0.133. The van der Waals surface area contributed by atoms with E-state index in [0.29, 0.717) is 29.9 Å². The summed E-state index contributed by atoms with van der Waals surface area (Å²) in [5, 5.41) is 3.73. The third-order valence-corrected chi connectivity index (χ3v) is 8.90. The van der Waals surface area contributed by atoms with Crippen molar-refractivity contribution in [3.63, 3.8) is 0 Å². The van der Waals surface area contributed by atoms with Crippen molar-refractivity contribution in [1.82, 2.24) is 10.2 Å². The Morgan fingerprint density at radius 3 is 2.19 bits per heavy atom. The molecule has 43 heavy (non-hydrogen) atoms. The van der Waals surface area contributed by atoms with Gasteiger partial charge in [-0.05, 0) is 95.1 Å². The number of piperidine rings is 1. The van der Waals surface area contributed by atoms with E-state index in [0.717, 1.165) is 43.6 Å². The van der Waals surface area contributed by atoms with E-state index in [-0.39, 0.29) is 35.8 Å². The van der Waals surface area contributed by atoms with Gasteiger partial charge in [-0.15, -0.1) is 0 Å². The molecule has 0 bridgehead atoms. The Morgan fingerprint density at radius 2 is 1.67 bits per heavy atom. The van der Waals surface area contributed by atoms with E-state index in [1.807, 2.05) is 26.0 Å². The Labute approximate surface area is 259 Å². The molecule has 0 amide bonds. The largest absolute Gasteiger partial charge is 0.493 e. The van der Waals surface area contributed by atoms with Crippen molar-refractivity contribution < 1.29 is 28.5 Å². The molecule has 6 atom stereocenters. The summed E-state index contributed by atoms with van der Waals surface area (Å²) in [5.74, 6) is 0.235. The van der Waals surface area contributed by atoms with Gasteiger partial charge in [-0.2, -0.15) is 0 Å². The van der Waals surface area contributed by atoms with Crippen LogP contribution in [0.4, 0.5) is 0 Å². The molecule has 2 rings (SSSR count). The Kier molecular flexibility index (Phi) is 14.8. The van der Waals surface area contributed by atoms with Gasteiger partial charge in [-0.3, -0.25) is 9.69 Å². The number of nitrogens with zero attached hydrogens (tertiary/aromatic N) is 1. The summed E-state index contributed by atoms with van der Waals surface area (Å²) in [6, 6.07) is 0.413. The first kappa shape index (κ1) is 35.9. The quantitative estimate of drug-likeness (QED) is 0.103. The molecule has 1 saturated heterocycles. The molecule has 240 valence electrons. The first-order valence-electron chi connectivity index (χ1n) is 15.5. The van der Waals surface area contributed by atoms with E-state index >= 15 is 0 Å². The van der Waals surface area contributed by atoms with E-state index in [2.05, 4.69) is 37.2 Å². The van der Waals surface area contributed by atoms with Gasteiger partial charge in [0.15, 0.2) is 11.5 Å². The lowest BCUT2D eigenvalue weighted by Crippen LogP contribution is -2.59. The van der Waals surface area contributed by atoms with E-state index < -0.39 is 12.1 Å². The summed E-state index contributed by atoms with van der Waals surface area (Å²) < 4.78 is 22.2. The second-order valence-electron chi connectivity index (χ2n) is 11.3. The lowest BCUT2D eigenvalue weighted by atomic mass is 9.65. The van der Waals surface area contributed by atoms with Crippen molar-refractivity contribution in [3.05, 3.63) is 71.9 Å². The zero-order valence-corrected chi connectivity index (χ0v) is 27.6. The fourth-order valence-electron chi connectivity index (χ4n) is 6.63. The van der Waals surface area contributed by atoms with Crippen LogP contribution in [0.15, 0.2) is 71.9 Å². The van der Waals surface area contributed by atoms with Crippen LogP contribution in [0.3, 0.4) is 0 Å². The number of ether oxygens (including phenoxy) is 4. The first-order valence-corrected chi connectivity index (χ1v) is 15.5. The lowest BCUT2D eigenvalue weighted by molar-refractivity contribution is -0.163. The van der Waals surface area contributed by atoms with Crippen LogP contribution >= 0.6 is 0 Å². The van der Waals surface area contributed by atoms with Gasteiger partial charge in [0.1, 0.15) is 6.10 Å². The van der Waals surface area contributed by atoms with Crippen LogP contribution in [0.2, 0.25) is 0 Å². The standard InChI is InChI=1S/C35H54N2O6/c1-11-17-37-22-25-18-26(43-34(38)24(13-3)19-33(41-9)32(16-6)40-8)20-28(35(39)42-10)27(25)21-31(37)30(15-5)36-29(14-4)23(7)12-2/h12-14,16,19,25-28,30-31,36H,2,4,11,15,17-18,20-22H2,1,3,5-10H3/b24-13+,29-23+,32-16-,33-19+. The molecule has 1 N–H and O–H groups in total. The number of carbonyl (C=O) groups excluding carboxylic acids is 2. The molecule has 1 aliphatic carbocycles. The SMILES string of the molecule is C=C/C(C)=C(\C=C)NC(CC)C1CC2C(CC(OC(=O)C(=C/C)/C=C(OC)\C(=C\C)OC)CC2C(=O)OC)CN1CCC. The smallest absolute Gasteiger partial charge is 0.338 e. The molecule has 0 aromatic heterocycles. The van der Waals surface area contributed by atoms with Crippen LogP contribution in [0.1, 0.15) is 66.7 Å². The van der Waals surface area contributed by atoms with E-state index in [1.165, 1.54) is 14.2 Å². The number of likely N-dealkylation sites (tertiary alicyclic amines) is 1. The lowest BCUT2D eigenvalue weighted by Gasteiger charge is -2.51. The number of allylic oxidation sites excluding steroid dienone is 5. The average molecular weight is 599 g/mol. The number of fused-ring (bicyclic) bond motifs is 1. The third-order valence-electron chi connectivity index (χ3n) is 8.90. The van der Waals surface area contributed by atoms with Gasteiger partial charge in [0.2, 0.25) is 0 Å². The second-order valence-corrected chi connectivity index (χ2v) is 11.3. The molecule has 0 aromatic carbocycles. The van der Waals surface area contributed by atoms with Crippen LogP contribution in [-0.2, 0) is 28.5 Å². The van der Waals surface area contributed by atoms with Crippen LogP contribution in [0, 0.1) is 17.8 Å². The molecule has 0 spiro atoms. The van der Waals surface area contributed by atoms with E-state index in [4.69, 9.17) is 18.9 Å². The highest BCUT2D eigenvalue weighted by Gasteiger charge is 2.49. The fourth-order valence-corrected chi connectivity index (χ4v) is 6.63. The third kappa shape index (κ3) is 9.12. The monoisotopic (exact) mass is 598 g/mol. The summed E-state index contributed by atoms with van der Waals surface area (Å²) in [6.07, 6.45) is 12.3. The van der Waals surface area contributed by atoms with Crippen LogP contribution in [0.25, 0.3) is 0 Å². The molecule has 0 radical (unpaired) electrons. The predicted octanol–water partition coefficient (Wildman–Crippen LogP) is 6.24. The Balaban J connectivity index is 2.35. The molecule has 8 nitrogen and oxygen atoms in total. The number of rotatable bonds is 15. The van der Waals surface area contributed by atoms with Crippen LogP contribution < -0.4 is 5.32 Å². The van der Waals surface area contributed by atoms with E-state index in [1.54, 1.807) is 32.3 Å². The zero-order chi connectivity index (χ0) is 32.1. The van der Waals surface area contributed by atoms with Crippen molar-refractivity contribution in [1.29, 1.82) is 0 Å². The number of methoxy groups -OCH3 is 3. The summed E-state index contributed by atoms with van der Waals surface area (Å²) >= 11 is 0. The highest BCUT2D eigenvalue weighted by molar-refractivity contribution is 5.92. The normalized spacial score (nSPS) is 26.3. The number of nitrogens with one attached hydrogen (secondary N) is 1. The Morgan fingerprint density at radius 1 is 0.977 bits per heavy atom. The van der Waals surface area contributed by atoms with Crippen molar-refractivity contribution in [2.45, 2.75) is 84.9 Å². The van der Waals surface area contributed by atoms with Gasteiger partial charge >= 0.3 is 11.9 Å². The fraction of sp³-hybridized carbons (Fsp3) is 0.600. The van der Waals surface area contributed by atoms with Gasteiger partial charge in [-0.25, -0.2) is 4.79 Å². The molecule has 2 aliphatic rings. The average Bonchev–Trinajstić information content (AvgIpc) is 3.02. The molecular formula is C35H54N2O6. The van der Waals surface area contributed by atoms with Gasteiger partial charge in [-0.1, -0.05) is 39.2 Å². The van der Waals surface area contributed by atoms with Gasteiger partial charge in [0.05, 0.1) is 32.8 Å². The topological polar surface area (TPSA) is 86.3 Å². The van der Waals surface area contributed by atoms with E-state index in [9.17, 15) is 9.59 Å². The molecule has 2 fully saturated rings. The number of carbonyl (C=O) groups is 2. The number of hydrogen-bond acceptors (Lipinski definition) is 8. The van der Waals surface area contributed by atoms with Crippen molar-refractivity contribution in [2.75, 3.05) is 34.4 Å². The second kappa shape index (κ2) is 17.8. The zero-order valence-electron chi connectivity index (χ0n) is 27.6. The van der Waals surface area contributed by atoms with Crippen LogP contribution in [0.5, 0.6) is 0 Å². The van der Waals surface area contributed by atoms with Crippen molar-refractivity contribution in [3.8, 4) is 0 Å². The van der Waals surface area contributed by atoms with Gasteiger partial charge < -0.3 is 24.3 Å². The summed E-state index contributed by atoms with van der Waals surface area (Å²) in [7, 11) is 4.52. The minimum atomic E-state index is -0.452. The summed E-state index contributed by atoms with van der Waals surface area (Å²) in [5.41, 5.74) is 2.40. The summed E-state index contributed by atoms with van der Waals surface area (Å²) in [4.78, 5) is 29.1. The predicted molar refractivity (Wildman–Crippen MR) is 172 cm³/mol. The summed E-state index contributed by atoms with van der Waals surface area (Å²) in [6.45, 7) is 19.7. The maximum atomic E-state index is 13.4. The van der Waals surface area contributed by atoms with Crippen LogP contribution in [-0.4, -0.2) is 69.4 Å². The molecule has 1 heterocycles. The maximum absolute atomic E-state index is 13.4. The Bertz CT molecular complexity index is 1100. The minimum Gasteiger partial charge on any atom is -0.493 e. The van der Waals surface area contributed by atoms with Gasteiger partial charge in [0.25, 0.3) is 0 Å². The number of hydrogen-bond donors (Lipinski definition) is 1. The number of esters is 2. The van der Waals surface area contributed by atoms with Crippen molar-refractivity contribution in [2.24, 2.45) is 17.8 Å². The van der Waals surface area contributed by atoms with Crippen molar-refractivity contribution >= 4 is 11.9 Å². The molecule has 0 aromatic rings. The molecular weight excluding hydrogens is 544 g/mol. The van der Waals surface area contributed by atoms with Gasteiger partial charge in [0, 0.05) is 24.3 Å². The Hall–Kier alpha value is -3.26. The molecule has 1 saturated carbocycles. The maximum Gasteiger partial charge on any atom is 0.338 e. The highest BCUT2D eigenvalue weighted by Crippen LogP contribution is 2.45. The highest BCUT2D eigenvalue weighted by atomic mass is 16.5.